The fraction of sp³-hybridized carbons (Fsp3) is 0.588. The Hall–Kier alpha value is -0.960. The van der Waals surface area contributed by atoms with Gasteiger partial charge in [0, 0.05) is 17.8 Å². The number of carbonyl (C=O) groups is 1. The third kappa shape index (κ3) is 7.59. The number of unbranched alkanes of at least 4 members (excludes halogenated alkanes) is 7. The van der Waals surface area contributed by atoms with Crippen molar-refractivity contribution in [1.82, 2.24) is 0 Å². The lowest BCUT2D eigenvalue weighted by molar-refractivity contribution is 0.109. The summed E-state index contributed by atoms with van der Waals surface area (Å²) in [5.74, 6) is 0. The van der Waals surface area contributed by atoms with E-state index in [9.17, 15) is 4.79 Å². The van der Waals surface area contributed by atoms with Gasteiger partial charge in [0.1, 0.15) is 0 Å². The van der Waals surface area contributed by atoms with Crippen LogP contribution in [-0.4, -0.2) is 11.7 Å². The lowest BCUT2D eigenvalue weighted by atomic mass is 10.1. The van der Waals surface area contributed by atoms with E-state index >= 15 is 0 Å². The van der Waals surface area contributed by atoms with E-state index in [0.717, 1.165) is 12.2 Å². The zero-order valence-electron chi connectivity index (χ0n) is 12.5. The number of hydrogen-bond acceptors (Lipinski definition) is 2. The highest BCUT2D eigenvalue weighted by atomic mass is 32.1. The molecule has 0 amide bonds. The van der Waals surface area contributed by atoms with Crippen molar-refractivity contribution in [3.05, 3.63) is 29.8 Å². The Morgan fingerprint density at radius 1 is 0.950 bits per heavy atom. The van der Waals surface area contributed by atoms with Gasteiger partial charge in [0.15, 0.2) is 0 Å². The topological polar surface area (TPSA) is 29.1 Å². The van der Waals surface area contributed by atoms with Gasteiger partial charge >= 0.3 is 0 Å². The molecule has 0 saturated heterocycles. The molecule has 20 heavy (non-hydrogen) atoms. The summed E-state index contributed by atoms with van der Waals surface area (Å²) in [7, 11) is 0. The second-order valence-corrected chi connectivity index (χ2v) is 5.69. The Labute approximate surface area is 128 Å². The Kier molecular flexibility index (Phi) is 9.22. The molecule has 1 aromatic carbocycles. The van der Waals surface area contributed by atoms with Crippen LogP contribution in [0.3, 0.4) is 0 Å². The Morgan fingerprint density at radius 2 is 1.50 bits per heavy atom. The van der Waals surface area contributed by atoms with E-state index in [-0.39, 0.29) is 5.12 Å². The predicted octanol–water partition coefficient (Wildman–Crippen LogP) is 5.31. The molecule has 0 atom stereocenters. The van der Waals surface area contributed by atoms with Crippen molar-refractivity contribution >= 4 is 23.4 Å². The average molecular weight is 293 g/mol. The highest BCUT2D eigenvalue weighted by Crippen LogP contribution is 2.12. The first-order valence-corrected chi connectivity index (χ1v) is 8.26. The molecule has 3 heteroatoms. The highest BCUT2D eigenvalue weighted by Gasteiger charge is 1.99. The fourth-order valence-electron chi connectivity index (χ4n) is 2.22. The lowest BCUT2D eigenvalue weighted by Crippen LogP contribution is -2.01. The largest absolute Gasteiger partial charge is 0.385 e. The number of hydrogen-bond donors (Lipinski definition) is 2. The van der Waals surface area contributed by atoms with Crippen LogP contribution in [-0.2, 0) is 0 Å². The summed E-state index contributed by atoms with van der Waals surface area (Å²) in [6.07, 6.45) is 10.7. The number of thiol groups is 1. The van der Waals surface area contributed by atoms with Crippen LogP contribution < -0.4 is 5.32 Å². The molecule has 0 aliphatic rings. The van der Waals surface area contributed by atoms with Gasteiger partial charge in [-0.05, 0) is 30.7 Å². The van der Waals surface area contributed by atoms with Gasteiger partial charge in [-0.15, -0.1) is 12.6 Å². The molecule has 0 heterocycles. The van der Waals surface area contributed by atoms with Crippen LogP contribution in [0, 0.1) is 0 Å². The van der Waals surface area contributed by atoms with Crippen molar-refractivity contribution in [2.75, 3.05) is 11.9 Å². The molecule has 1 N–H and O–H groups in total. The summed E-state index contributed by atoms with van der Waals surface area (Å²) in [6, 6.07) is 7.50. The number of anilines is 1. The Morgan fingerprint density at radius 3 is 2.05 bits per heavy atom. The van der Waals surface area contributed by atoms with E-state index < -0.39 is 0 Å². The van der Waals surface area contributed by atoms with Gasteiger partial charge in [-0.2, -0.15) is 0 Å². The number of benzene rings is 1. The first-order valence-electron chi connectivity index (χ1n) is 7.81. The molecule has 0 spiro atoms. The van der Waals surface area contributed by atoms with Crippen LogP contribution in [0.15, 0.2) is 24.3 Å². The summed E-state index contributed by atoms with van der Waals surface area (Å²) in [4.78, 5) is 11.0. The molecule has 0 saturated carbocycles. The summed E-state index contributed by atoms with van der Waals surface area (Å²) in [5, 5.41) is 3.20. The number of rotatable bonds is 11. The maximum absolute atomic E-state index is 11.0. The third-order valence-corrected chi connectivity index (χ3v) is 3.75. The molecule has 0 aliphatic carbocycles. The van der Waals surface area contributed by atoms with E-state index in [4.69, 9.17) is 0 Å². The first kappa shape index (κ1) is 17.1. The second-order valence-electron chi connectivity index (χ2n) is 5.28. The van der Waals surface area contributed by atoms with Gasteiger partial charge in [-0.25, -0.2) is 0 Å². The number of carbonyl (C=O) groups excluding carboxylic acids is 1. The molecule has 1 rings (SSSR count). The molecule has 0 aliphatic heterocycles. The van der Waals surface area contributed by atoms with Gasteiger partial charge in [-0.1, -0.05) is 51.9 Å². The summed E-state index contributed by atoms with van der Waals surface area (Å²) in [6.45, 7) is 3.26. The van der Waals surface area contributed by atoms with Gasteiger partial charge in [0.25, 0.3) is 0 Å². The maximum Gasteiger partial charge on any atom is 0.216 e. The molecular formula is C17H27NOS. The van der Waals surface area contributed by atoms with Crippen molar-refractivity contribution in [2.24, 2.45) is 0 Å². The minimum Gasteiger partial charge on any atom is -0.385 e. The van der Waals surface area contributed by atoms with Crippen molar-refractivity contribution in [1.29, 1.82) is 0 Å². The van der Waals surface area contributed by atoms with E-state index in [2.05, 4.69) is 24.9 Å². The summed E-state index contributed by atoms with van der Waals surface area (Å²) in [5.41, 5.74) is 1.72. The minimum atomic E-state index is -0.181. The van der Waals surface area contributed by atoms with Crippen LogP contribution in [0.2, 0.25) is 0 Å². The molecule has 0 fully saturated rings. The SMILES string of the molecule is CCCCCCCCCCNc1ccc(C(=O)S)cc1. The Balaban J connectivity index is 2.02. The average Bonchev–Trinajstić information content (AvgIpc) is 2.46. The molecule has 112 valence electrons. The van der Waals surface area contributed by atoms with E-state index in [1.165, 1.54) is 51.4 Å². The molecule has 2 nitrogen and oxygen atoms in total. The van der Waals surface area contributed by atoms with E-state index in [0.29, 0.717) is 5.56 Å². The quantitative estimate of drug-likeness (QED) is 0.427. The Bertz CT molecular complexity index is 375. The maximum atomic E-state index is 11.0. The van der Waals surface area contributed by atoms with Gasteiger partial charge in [-0.3, -0.25) is 4.79 Å². The zero-order chi connectivity index (χ0) is 14.6. The number of nitrogens with one attached hydrogen (secondary N) is 1. The molecule has 0 bridgehead atoms. The van der Waals surface area contributed by atoms with Crippen LogP contribution in [0.5, 0.6) is 0 Å². The standard InChI is InChI=1S/C17H27NOS/c1-2-3-4-5-6-7-8-9-14-18-16-12-10-15(11-13-16)17(19)20/h10-13,18H,2-9,14H2,1H3,(H,19,20). The predicted molar refractivity (Wildman–Crippen MR) is 90.9 cm³/mol. The molecular weight excluding hydrogens is 266 g/mol. The smallest absolute Gasteiger partial charge is 0.216 e. The van der Waals surface area contributed by atoms with Crippen LogP contribution in [0.1, 0.15) is 68.6 Å². The minimum absolute atomic E-state index is 0.181. The fourth-order valence-corrected chi connectivity index (χ4v) is 2.37. The molecule has 1 aromatic rings. The van der Waals surface area contributed by atoms with Gasteiger partial charge in [0.2, 0.25) is 5.12 Å². The molecule has 0 radical (unpaired) electrons. The van der Waals surface area contributed by atoms with Crippen molar-refractivity contribution in [3.63, 3.8) is 0 Å². The second kappa shape index (κ2) is 10.8. The third-order valence-electron chi connectivity index (χ3n) is 3.49. The van der Waals surface area contributed by atoms with Crippen molar-refractivity contribution < 1.29 is 4.79 Å². The monoisotopic (exact) mass is 293 g/mol. The van der Waals surface area contributed by atoms with Crippen molar-refractivity contribution in [2.45, 2.75) is 58.3 Å². The highest BCUT2D eigenvalue weighted by molar-refractivity contribution is 7.97. The van der Waals surface area contributed by atoms with E-state index in [1.807, 2.05) is 24.3 Å². The van der Waals surface area contributed by atoms with Gasteiger partial charge in [0.05, 0.1) is 0 Å². The molecule has 0 unspecified atom stereocenters. The summed E-state index contributed by atoms with van der Waals surface area (Å²) < 4.78 is 0. The van der Waals surface area contributed by atoms with Crippen molar-refractivity contribution in [3.8, 4) is 0 Å². The normalized spacial score (nSPS) is 10.5. The van der Waals surface area contributed by atoms with Crippen LogP contribution in [0.4, 0.5) is 5.69 Å². The lowest BCUT2D eigenvalue weighted by Gasteiger charge is -2.06. The van der Waals surface area contributed by atoms with Gasteiger partial charge < -0.3 is 5.32 Å². The summed E-state index contributed by atoms with van der Waals surface area (Å²) >= 11 is 3.80. The molecule has 0 aromatic heterocycles. The zero-order valence-corrected chi connectivity index (χ0v) is 13.4. The van der Waals surface area contributed by atoms with Crippen LogP contribution in [0.25, 0.3) is 0 Å². The van der Waals surface area contributed by atoms with Crippen LogP contribution >= 0.6 is 12.6 Å². The van der Waals surface area contributed by atoms with E-state index in [1.54, 1.807) is 0 Å². The first-order chi connectivity index (χ1) is 9.74.